The van der Waals surface area contributed by atoms with Gasteiger partial charge in [-0.25, -0.2) is 0 Å². The molecule has 0 bridgehead atoms. The van der Waals surface area contributed by atoms with Crippen molar-refractivity contribution in [2.75, 3.05) is 0 Å². The van der Waals surface area contributed by atoms with Gasteiger partial charge in [-0.3, -0.25) is 4.99 Å². The SMILES string of the molecule is C1=Nc2ccccc2/C1=c1\cc(-c2c[nH]c3ccccc23)/c(=C/c2[15nH]c(-c3c[nH]c4ccccc34)cc2-c2c[nH]c3ccccc23)[15nH]1. The number of nitrogens with zero attached hydrogens (tertiary/aromatic N) is 1. The molecule has 0 radical (unpaired) electrons. The first-order valence-electron chi connectivity index (χ1n) is 15.8. The van der Waals surface area contributed by atoms with E-state index in [1.807, 2.05) is 12.3 Å². The number of hydrogen-bond acceptors (Lipinski definition) is 1. The summed E-state index contributed by atoms with van der Waals surface area (Å²) in [4.78, 5) is 22.8. The second kappa shape index (κ2) is 9.99. The van der Waals surface area contributed by atoms with E-state index in [0.29, 0.717) is 0 Å². The molecule has 0 saturated carbocycles. The van der Waals surface area contributed by atoms with E-state index in [4.69, 9.17) is 4.99 Å². The molecular formula is C41H28N6. The molecule has 6 heteroatoms. The van der Waals surface area contributed by atoms with Crippen LogP contribution in [0.2, 0.25) is 0 Å². The molecule has 5 aromatic heterocycles. The standard InChI is InChI=1S/C41H28N6/c1-5-13-34-24(9-1)30(20-42-34)28-17-38(32-22-44-36-15-7-3-11-26(32)36)46-40(28)19-41-29(31-21-43-35-14-6-2-10-25(31)35)18-39(47-41)33-23-45-37-16-8-4-12-27(33)37/h1-23,42-44,46-47H/b39-33+,41-19-/i46+1,47+1. The zero-order valence-electron chi connectivity index (χ0n) is 25.2. The van der Waals surface area contributed by atoms with Gasteiger partial charge in [0.15, 0.2) is 0 Å². The molecule has 0 spiro atoms. The number of hydrogen-bond donors (Lipinski definition) is 5. The van der Waals surface area contributed by atoms with Crippen LogP contribution in [-0.2, 0) is 0 Å². The maximum atomic E-state index is 4.72. The summed E-state index contributed by atoms with van der Waals surface area (Å²) in [6, 6.07) is 38.2. The Bertz CT molecular complexity index is 2810. The fourth-order valence-corrected chi connectivity index (χ4v) is 7.16. The first kappa shape index (κ1) is 25.8. The fraction of sp³-hybridized carbons (Fsp3) is 0. The number of H-pyrrole nitrogens is 5. The van der Waals surface area contributed by atoms with Crippen molar-refractivity contribution in [1.29, 1.82) is 0 Å². The highest BCUT2D eigenvalue weighted by Gasteiger charge is 2.18. The summed E-state index contributed by atoms with van der Waals surface area (Å²) >= 11 is 0. The number of aromatic amines is 5. The Morgan fingerprint density at radius 1 is 0.489 bits per heavy atom. The van der Waals surface area contributed by atoms with Crippen molar-refractivity contribution in [3.8, 4) is 33.5 Å². The number of rotatable bonds is 4. The number of aromatic nitrogens is 5. The van der Waals surface area contributed by atoms with Gasteiger partial charge < -0.3 is 24.9 Å². The Balaban J connectivity index is 1.26. The van der Waals surface area contributed by atoms with E-state index in [0.717, 1.165) is 83.3 Å². The van der Waals surface area contributed by atoms with Gasteiger partial charge in [0.2, 0.25) is 0 Å². The number of nitrogens with one attached hydrogen (secondary N) is 5. The molecule has 0 unspecified atom stereocenters. The summed E-state index contributed by atoms with van der Waals surface area (Å²) in [6.07, 6.45) is 10.6. The fourth-order valence-electron chi connectivity index (χ4n) is 7.16. The number of fused-ring (bicyclic) bond motifs is 4. The second-order valence-corrected chi connectivity index (χ2v) is 12.1. The van der Waals surface area contributed by atoms with Crippen LogP contribution in [0.25, 0.3) is 77.9 Å². The van der Waals surface area contributed by atoms with Crippen molar-refractivity contribution in [2.24, 2.45) is 4.99 Å². The van der Waals surface area contributed by atoms with Crippen LogP contribution in [0.3, 0.4) is 0 Å². The normalized spacial score (nSPS) is 14.3. The lowest BCUT2D eigenvalue weighted by Crippen LogP contribution is -2.14. The molecule has 0 aliphatic carbocycles. The van der Waals surface area contributed by atoms with Crippen LogP contribution in [0.15, 0.2) is 133 Å². The van der Waals surface area contributed by atoms with E-state index in [-0.39, 0.29) is 0 Å². The van der Waals surface area contributed by atoms with Crippen LogP contribution in [0.4, 0.5) is 5.69 Å². The van der Waals surface area contributed by atoms with Crippen molar-refractivity contribution in [3.05, 3.63) is 150 Å². The molecule has 5 N–H and O–H groups in total. The minimum absolute atomic E-state index is 0.991. The lowest BCUT2D eigenvalue weighted by atomic mass is 10.0. The van der Waals surface area contributed by atoms with E-state index < -0.39 is 0 Å². The highest BCUT2D eigenvalue weighted by molar-refractivity contribution is 6.16. The lowest BCUT2D eigenvalue weighted by Gasteiger charge is -2.00. The quantitative estimate of drug-likeness (QED) is 0.133. The predicted molar refractivity (Wildman–Crippen MR) is 193 cm³/mol. The molecular weight excluding hydrogens is 578 g/mol. The lowest BCUT2D eigenvalue weighted by molar-refractivity contribution is 1.25. The molecule has 6 nitrogen and oxygen atoms in total. The van der Waals surface area contributed by atoms with Crippen molar-refractivity contribution < 1.29 is 0 Å². The Labute approximate surface area is 268 Å². The van der Waals surface area contributed by atoms with Crippen LogP contribution in [0.5, 0.6) is 0 Å². The molecule has 10 rings (SSSR count). The summed E-state index contributed by atoms with van der Waals surface area (Å²) in [5.74, 6) is 0. The van der Waals surface area contributed by atoms with Gasteiger partial charge in [0, 0.05) is 119 Å². The Morgan fingerprint density at radius 3 is 1.77 bits per heavy atom. The van der Waals surface area contributed by atoms with E-state index in [9.17, 15) is 0 Å². The van der Waals surface area contributed by atoms with E-state index in [1.165, 1.54) is 16.2 Å². The Hall–Kier alpha value is -6.53. The number of para-hydroxylation sites is 4. The van der Waals surface area contributed by atoms with Gasteiger partial charge in [-0.05, 0) is 42.5 Å². The van der Waals surface area contributed by atoms with Crippen molar-refractivity contribution in [2.45, 2.75) is 0 Å². The molecule has 0 amide bonds. The highest BCUT2D eigenvalue weighted by Crippen LogP contribution is 2.37. The van der Waals surface area contributed by atoms with Gasteiger partial charge in [-0.1, -0.05) is 72.8 Å². The third-order valence-corrected chi connectivity index (χ3v) is 9.44. The van der Waals surface area contributed by atoms with Crippen LogP contribution in [0, 0.1) is 0 Å². The van der Waals surface area contributed by atoms with Gasteiger partial charge in [-0.2, -0.15) is 0 Å². The largest absolute Gasteiger partial charge is 0.361 e. The maximum Gasteiger partial charge on any atom is 0.0709 e. The molecule has 0 atom stereocenters. The first-order valence-corrected chi connectivity index (χ1v) is 15.8. The third kappa shape index (κ3) is 4.02. The number of aliphatic imine (C=N–C) groups is 1. The summed E-state index contributed by atoms with van der Waals surface area (Å²) in [7, 11) is 0. The van der Waals surface area contributed by atoms with Crippen molar-refractivity contribution >= 4 is 56.3 Å². The van der Waals surface area contributed by atoms with Crippen LogP contribution in [0.1, 0.15) is 11.3 Å². The Morgan fingerprint density at radius 2 is 1.06 bits per heavy atom. The van der Waals surface area contributed by atoms with Gasteiger partial charge in [0.25, 0.3) is 0 Å². The Kier molecular flexibility index (Phi) is 5.48. The highest BCUT2D eigenvalue weighted by atomic mass is 15.5. The van der Waals surface area contributed by atoms with Crippen molar-refractivity contribution in [1.82, 2.24) is 24.9 Å². The van der Waals surface area contributed by atoms with Crippen LogP contribution >= 0.6 is 0 Å². The first-order chi connectivity index (χ1) is 23.3. The van der Waals surface area contributed by atoms with Crippen LogP contribution in [-0.4, -0.2) is 31.1 Å². The zero-order valence-corrected chi connectivity index (χ0v) is 25.2. The molecule has 0 fully saturated rings. The zero-order chi connectivity index (χ0) is 30.9. The van der Waals surface area contributed by atoms with Gasteiger partial charge in [-0.15, -0.1) is 0 Å². The number of benzene rings is 4. The molecule has 1 aliphatic rings. The molecule has 4 aromatic carbocycles. The maximum absolute atomic E-state index is 4.72. The van der Waals surface area contributed by atoms with Gasteiger partial charge >= 0.3 is 0 Å². The second-order valence-electron chi connectivity index (χ2n) is 12.1. The van der Waals surface area contributed by atoms with Crippen molar-refractivity contribution in [3.63, 3.8) is 0 Å². The molecule has 9 aromatic rings. The molecule has 222 valence electrons. The molecule has 1 aliphatic heterocycles. The third-order valence-electron chi connectivity index (χ3n) is 9.44. The molecule has 6 heterocycles. The smallest absolute Gasteiger partial charge is 0.0709 e. The van der Waals surface area contributed by atoms with E-state index in [2.05, 4.69) is 153 Å². The summed E-state index contributed by atoms with van der Waals surface area (Å²) < 4.78 is 0. The topological polar surface area (TPSA) is 91.3 Å². The molecule has 47 heavy (non-hydrogen) atoms. The minimum atomic E-state index is 0.991. The average Bonchev–Trinajstić information content (AvgIpc) is 3.96. The monoisotopic (exact) mass is 606 g/mol. The molecule has 0 saturated heterocycles. The average molecular weight is 607 g/mol. The van der Waals surface area contributed by atoms with E-state index in [1.54, 1.807) is 0 Å². The van der Waals surface area contributed by atoms with Gasteiger partial charge in [0.05, 0.1) is 5.69 Å². The summed E-state index contributed by atoms with van der Waals surface area (Å²) in [6.45, 7) is 0. The van der Waals surface area contributed by atoms with Crippen LogP contribution < -0.4 is 10.7 Å². The van der Waals surface area contributed by atoms with Gasteiger partial charge in [0.1, 0.15) is 0 Å². The predicted octanol–water partition coefficient (Wildman–Crippen LogP) is 8.53. The minimum Gasteiger partial charge on any atom is -0.361 e. The summed E-state index contributed by atoms with van der Waals surface area (Å²) in [5.41, 5.74) is 14.3. The van der Waals surface area contributed by atoms with E-state index >= 15 is 0 Å². The summed E-state index contributed by atoms with van der Waals surface area (Å²) in [5, 5.41) is 5.60.